The van der Waals surface area contributed by atoms with Crippen LogP contribution in [0.5, 0.6) is 11.5 Å². The summed E-state index contributed by atoms with van der Waals surface area (Å²) in [6.07, 6.45) is 5.70. The van der Waals surface area contributed by atoms with Gasteiger partial charge in [-0.05, 0) is 25.3 Å². The Morgan fingerprint density at radius 2 is 1.71 bits per heavy atom. The summed E-state index contributed by atoms with van der Waals surface area (Å²) in [5, 5.41) is 0. The Kier molecular flexibility index (Phi) is 9.28. The number of hydrogen-bond acceptors (Lipinski definition) is 3. The molecule has 4 nitrogen and oxygen atoms in total. The molecule has 0 fully saturated rings. The molecule has 1 amide bonds. The molecule has 0 aliphatic carbocycles. The van der Waals surface area contributed by atoms with Gasteiger partial charge in [-0.2, -0.15) is 0 Å². The minimum Gasteiger partial charge on any atom is -0.493 e. The minimum atomic E-state index is 0.231. The predicted octanol–water partition coefficient (Wildman–Crippen LogP) is 4.80. The quantitative estimate of drug-likeness (QED) is 0.583. The Bertz CT molecular complexity index is 496. The zero-order chi connectivity index (χ0) is 17.9. The molecule has 24 heavy (non-hydrogen) atoms. The highest BCUT2D eigenvalue weighted by Gasteiger charge is 2.24. The molecular weight excluding hydrogens is 302 g/mol. The molecule has 0 bridgehead atoms. The molecule has 1 rings (SSSR count). The largest absolute Gasteiger partial charge is 0.493 e. The normalized spacial score (nSPS) is 10.8. The molecule has 1 aromatic carbocycles. The number of benzene rings is 1. The van der Waals surface area contributed by atoms with Gasteiger partial charge in [0.15, 0.2) is 11.5 Å². The van der Waals surface area contributed by atoms with Crippen LogP contribution in [0, 0.1) is 0 Å². The van der Waals surface area contributed by atoms with Crippen molar-refractivity contribution in [1.29, 1.82) is 0 Å². The summed E-state index contributed by atoms with van der Waals surface area (Å²) >= 11 is 0. The van der Waals surface area contributed by atoms with E-state index in [0.717, 1.165) is 43.4 Å². The van der Waals surface area contributed by atoms with E-state index in [1.165, 1.54) is 0 Å². The molecule has 0 saturated heterocycles. The summed E-state index contributed by atoms with van der Waals surface area (Å²) < 4.78 is 10.9. The van der Waals surface area contributed by atoms with Crippen LogP contribution in [0.4, 0.5) is 0 Å². The lowest BCUT2D eigenvalue weighted by atomic mass is 10.0. The maximum Gasteiger partial charge on any atom is 0.223 e. The number of carbonyl (C=O) groups excluding carboxylic acids is 1. The van der Waals surface area contributed by atoms with Crippen molar-refractivity contribution in [3.63, 3.8) is 0 Å². The summed E-state index contributed by atoms with van der Waals surface area (Å²) in [4.78, 5) is 14.8. The van der Waals surface area contributed by atoms with Crippen molar-refractivity contribution in [3.8, 4) is 11.5 Å². The van der Waals surface area contributed by atoms with E-state index in [9.17, 15) is 4.79 Å². The van der Waals surface area contributed by atoms with Crippen LogP contribution >= 0.6 is 0 Å². The van der Waals surface area contributed by atoms with Crippen LogP contribution in [-0.2, 0) is 11.3 Å². The van der Waals surface area contributed by atoms with E-state index in [1.807, 2.05) is 23.1 Å². The zero-order valence-electron chi connectivity index (χ0n) is 15.9. The van der Waals surface area contributed by atoms with Crippen LogP contribution in [0.2, 0.25) is 0 Å². The van der Waals surface area contributed by atoms with E-state index < -0.39 is 0 Å². The van der Waals surface area contributed by atoms with Crippen molar-refractivity contribution in [2.24, 2.45) is 0 Å². The lowest BCUT2D eigenvalue weighted by Crippen LogP contribution is -2.39. The van der Waals surface area contributed by atoms with E-state index >= 15 is 0 Å². The van der Waals surface area contributed by atoms with Crippen molar-refractivity contribution in [2.75, 3.05) is 14.2 Å². The van der Waals surface area contributed by atoms with E-state index in [1.54, 1.807) is 14.2 Å². The summed E-state index contributed by atoms with van der Waals surface area (Å²) in [5.74, 6) is 1.66. The van der Waals surface area contributed by atoms with Gasteiger partial charge in [-0.3, -0.25) is 4.79 Å². The third-order valence-electron chi connectivity index (χ3n) is 4.29. The van der Waals surface area contributed by atoms with Crippen LogP contribution in [0.25, 0.3) is 0 Å². The first-order valence-corrected chi connectivity index (χ1v) is 9.12. The number of rotatable bonds is 11. The molecule has 0 aromatic heterocycles. The van der Waals surface area contributed by atoms with Gasteiger partial charge in [-0.1, -0.05) is 45.7 Å². The number of nitrogens with zero attached hydrogens (tertiary/aromatic N) is 1. The molecule has 0 heterocycles. The number of ether oxygens (including phenoxy) is 2. The molecule has 0 atom stereocenters. The van der Waals surface area contributed by atoms with Gasteiger partial charge in [0.2, 0.25) is 5.91 Å². The van der Waals surface area contributed by atoms with Crippen LogP contribution in [0.15, 0.2) is 18.2 Å². The Morgan fingerprint density at radius 1 is 1.04 bits per heavy atom. The highest BCUT2D eigenvalue weighted by Crippen LogP contribution is 2.32. The fraction of sp³-hybridized carbons (Fsp3) is 0.650. The van der Waals surface area contributed by atoms with Gasteiger partial charge < -0.3 is 14.4 Å². The standard InChI is InChI=1S/C20H33NO3/c1-6-10-17(11-7-2)21(19(22)12-8-3)15-16-13-9-14-18(23-4)20(16)24-5/h9,13-14,17H,6-8,10-12,15H2,1-5H3. The molecule has 0 unspecified atom stereocenters. The van der Waals surface area contributed by atoms with Gasteiger partial charge in [-0.15, -0.1) is 0 Å². The van der Waals surface area contributed by atoms with Crippen molar-refractivity contribution in [2.45, 2.75) is 71.9 Å². The van der Waals surface area contributed by atoms with Crippen molar-refractivity contribution in [3.05, 3.63) is 23.8 Å². The first-order valence-electron chi connectivity index (χ1n) is 9.12. The molecule has 0 radical (unpaired) electrons. The maximum atomic E-state index is 12.7. The second-order valence-corrected chi connectivity index (χ2v) is 6.16. The average Bonchev–Trinajstić information content (AvgIpc) is 2.59. The molecule has 4 heteroatoms. The van der Waals surface area contributed by atoms with Crippen LogP contribution < -0.4 is 9.47 Å². The molecule has 0 aliphatic rings. The number of para-hydroxylation sites is 1. The second kappa shape index (κ2) is 11.0. The average molecular weight is 335 g/mol. The fourth-order valence-electron chi connectivity index (χ4n) is 3.16. The molecule has 0 N–H and O–H groups in total. The van der Waals surface area contributed by atoms with Crippen molar-refractivity contribution < 1.29 is 14.3 Å². The molecule has 136 valence electrons. The van der Waals surface area contributed by atoms with Gasteiger partial charge in [0.05, 0.1) is 14.2 Å². The van der Waals surface area contributed by atoms with E-state index in [2.05, 4.69) is 20.8 Å². The Morgan fingerprint density at radius 3 is 2.21 bits per heavy atom. The lowest BCUT2D eigenvalue weighted by Gasteiger charge is -2.32. The van der Waals surface area contributed by atoms with Crippen LogP contribution in [0.3, 0.4) is 0 Å². The topological polar surface area (TPSA) is 38.8 Å². The SMILES string of the molecule is CCCC(=O)N(Cc1cccc(OC)c1OC)C(CCC)CCC. The minimum absolute atomic E-state index is 0.231. The lowest BCUT2D eigenvalue weighted by molar-refractivity contribution is -0.134. The monoisotopic (exact) mass is 335 g/mol. The van der Waals surface area contributed by atoms with Crippen LogP contribution in [0.1, 0.15) is 64.9 Å². The molecule has 0 aliphatic heterocycles. The van der Waals surface area contributed by atoms with Gasteiger partial charge in [0, 0.05) is 24.6 Å². The Balaban J connectivity index is 3.14. The highest BCUT2D eigenvalue weighted by molar-refractivity contribution is 5.76. The summed E-state index contributed by atoms with van der Waals surface area (Å²) in [6.45, 7) is 6.98. The highest BCUT2D eigenvalue weighted by atomic mass is 16.5. The first kappa shape index (κ1) is 20.3. The predicted molar refractivity (Wildman–Crippen MR) is 98.6 cm³/mol. The first-order chi connectivity index (χ1) is 11.6. The van der Waals surface area contributed by atoms with Gasteiger partial charge in [0.1, 0.15) is 0 Å². The smallest absolute Gasteiger partial charge is 0.223 e. The maximum absolute atomic E-state index is 12.7. The fourth-order valence-corrected chi connectivity index (χ4v) is 3.16. The molecule has 0 saturated carbocycles. The number of amides is 1. The summed E-state index contributed by atoms with van der Waals surface area (Å²) in [5.41, 5.74) is 0.999. The summed E-state index contributed by atoms with van der Waals surface area (Å²) in [7, 11) is 3.29. The van der Waals surface area contributed by atoms with Gasteiger partial charge in [0.25, 0.3) is 0 Å². The summed E-state index contributed by atoms with van der Waals surface area (Å²) in [6, 6.07) is 6.14. The molecular formula is C20H33NO3. The Hall–Kier alpha value is -1.71. The van der Waals surface area contributed by atoms with E-state index in [4.69, 9.17) is 9.47 Å². The van der Waals surface area contributed by atoms with Gasteiger partial charge in [-0.25, -0.2) is 0 Å². The van der Waals surface area contributed by atoms with Gasteiger partial charge >= 0.3 is 0 Å². The Labute approximate surface area is 147 Å². The third kappa shape index (κ3) is 5.43. The number of carbonyl (C=O) groups is 1. The molecule has 1 aromatic rings. The van der Waals surface area contributed by atoms with E-state index in [0.29, 0.717) is 18.7 Å². The molecule has 0 spiro atoms. The zero-order valence-corrected chi connectivity index (χ0v) is 15.9. The van der Waals surface area contributed by atoms with E-state index in [-0.39, 0.29) is 11.9 Å². The van der Waals surface area contributed by atoms with Crippen LogP contribution in [-0.4, -0.2) is 31.1 Å². The second-order valence-electron chi connectivity index (χ2n) is 6.16. The third-order valence-corrected chi connectivity index (χ3v) is 4.29. The number of methoxy groups -OCH3 is 2. The number of hydrogen-bond donors (Lipinski definition) is 0. The van der Waals surface area contributed by atoms with Crippen molar-refractivity contribution >= 4 is 5.91 Å². The van der Waals surface area contributed by atoms with Crippen molar-refractivity contribution in [1.82, 2.24) is 4.90 Å².